The number of halogens is 3. The summed E-state index contributed by atoms with van der Waals surface area (Å²) in [4.78, 5) is 17.7. The Morgan fingerprint density at radius 2 is 1.23 bits per heavy atom. The van der Waals surface area contributed by atoms with Gasteiger partial charge in [-0.3, -0.25) is 0 Å². The Kier molecular flexibility index (Phi) is 8.13. The molecule has 1 aromatic heterocycles. The highest BCUT2D eigenvalue weighted by atomic mass is 19.4. The Labute approximate surface area is 249 Å². The van der Waals surface area contributed by atoms with E-state index in [4.69, 9.17) is 4.74 Å². The summed E-state index contributed by atoms with van der Waals surface area (Å²) in [5, 5.41) is 2.76. The maximum absolute atomic E-state index is 13.7. The number of rotatable bonds is 7. The Morgan fingerprint density at radius 3 is 1.70 bits per heavy atom. The summed E-state index contributed by atoms with van der Waals surface area (Å²) < 4.78 is 48.6. The molecule has 5 nitrogen and oxygen atoms in total. The molecule has 0 fully saturated rings. The number of hydrogen-bond acceptors (Lipinski definition) is 3. The van der Waals surface area contributed by atoms with Crippen molar-refractivity contribution < 1.29 is 22.7 Å². The van der Waals surface area contributed by atoms with Crippen molar-refractivity contribution in [1.82, 2.24) is 14.9 Å². The molecular weight excluding hydrogens is 551 g/mol. The molecule has 0 bridgehead atoms. The average molecular weight is 584 g/mol. The molecular formula is C35H32F3N3O2. The van der Waals surface area contributed by atoms with Gasteiger partial charge in [-0.1, -0.05) is 103 Å². The molecule has 220 valence electrons. The highest BCUT2D eigenvalue weighted by molar-refractivity contribution is 5.69. The molecule has 1 heterocycles. The summed E-state index contributed by atoms with van der Waals surface area (Å²) in [6.45, 7) is 5.15. The van der Waals surface area contributed by atoms with Crippen LogP contribution in [0.1, 0.15) is 60.3 Å². The number of ether oxygens (including phenoxy) is 1. The topological polar surface area (TPSA) is 56.1 Å². The minimum absolute atomic E-state index is 0.218. The van der Waals surface area contributed by atoms with E-state index in [-0.39, 0.29) is 5.56 Å². The van der Waals surface area contributed by atoms with Gasteiger partial charge in [0.05, 0.1) is 17.6 Å². The minimum Gasteiger partial charge on any atom is -0.444 e. The molecule has 0 aliphatic carbocycles. The predicted molar refractivity (Wildman–Crippen MR) is 159 cm³/mol. The first kappa shape index (κ1) is 29.6. The van der Waals surface area contributed by atoms with Gasteiger partial charge in [0.1, 0.15) is 17.2 Å². The van der Waals surface area contributed by atoms with Crippen LogP contribution in [0.5, 0.6) is 0 Å². The lowest BCUT2D eigenvalue weighted by Crippen LogP contribution is -2.37. The largest absolute Gasteiger partial charge is 0.444 e. The van der Waals surface area contributed by atoms with E-state index in [2.05, 4.69) is 10.3 Å². The number of nitrogens with one attached hydrogen (secondary N) is 1. The zero-order valence-corrected chi connectivity index (χ0v) is 24.0. The summed E-state index contributed by atoms with van der Waals surface area (Å²) in [6.07, 6.45) is -1.91. The molecule has 0 aliphatic heterocycles. The van der Waals surface area contributed by atoms with Crippen molar-refractivity contribution in [1.29, 1.82) is 0 Å². The molecule has 0 saturated heterocycles. The second-order valence-electron chi connectivity index (χ2n) is 11.2. The fourth-order valence-electron chi connectivity index (χ4n) is 5.30. The van der Waals surface area contributed by atoms with Gasteiger partial charge in [-0.05, 0) is 55.2 Å². The van der Waals surface area contributed by atoms with Gasteiger partial charge >= 0.3 is 12.3 Å². The van der Waals surface area contributed by atoms with Crippen molar-refractivity contribution in [2.24, 2.45) is 0 Å². The SMILES string of the molecule is CC(C)(C)OC(=O)NC(c1cccc(C(F)(F)F)c1)c1cn(C(c2ccccc2)(c2ccccc2)c2ccccc2)cn1. The number of carbonyl (C=O) groups excluding carboxylic acids is 1. The summed E-state index contributed by atoms with van der Waals surface area (Å²) in [6, 6.07) is 33.6. The Morgan fingerprint density at radius 1 is 0.744 bits per heavy atom. The van der Waals surface area contributed by atoms with Gasteiger partial charge in [-0.15, -0.1) is 0 Å². The molecule has 5 aromatic rings. The molecule has 43 heavy (non-hydrogen) atoms. The van der Waals surface area contributed by atoms with Crippen LogP contribution in [0.3, 0.4) is 0 Å². The zero-order chi connectivity index (χ0) is 30.7. The van der Waals surface area contributed by atoms with Crippen molar-refractivity contribution in [3.63, 3.8) is 0 Å². The number of amides is 1. The van der Waals surface area contributed by atoms with Crippen molar-refractivity contribution in [2.75, 3.05) is 0 Å². The molecule has 0 radical (unpaired) electrons. The first-order valence-electron chi connectivity index (χ1n) is 13.9. The van der Waals surface area contributed by atoms with Crippen LogP contribution in [-0.2, 0) is 16.5 Å². The fourth-order valence-corrected chi connectivity index (χ4v) is 5.30. The molecule has 1 amide bonds. The highest BCUT2D eigenvalue weighted by Gasteiger charge is 2.39. The van der Waals surface area contributed by atoms with Crippen LogP contribution in [0.2, 0.25) is 0 Å². The average Bonchev–Trinajstić information content (AvgIpc) is 3.47. The number of hydrogen-bond donors (Lipinski definition) is 1. The summed E-state index contributed by atoms with van der Waals surface area (Å²) in [7, 11) is 0. The van der Waals surface area contributed by atoms with E-state index in [9.17, 15) is 18.0 Å². The second kappa shape index (κ2) is 11.8. The third kappa shape index (κ3) is 6.33. The molecule has 0 saturated carbocycles. The quantitative estimate of drug-likeness (QED) is 0.196. The standard InChI is InChI=1S/C35H32F3N3O2/c1-33(2,3)43-32(42)40-31(25-14-13-21-29(22-25)35(36,37)38)30-23-41(24-39-30)34(26-15-7-4-8-16-26,27-17-9-5-10-18-27)28-19-11-6-12-20-28/h4-24,31H,1-3H3,(H,40,42). The Balaban J connectivity index is 1.71. The Bertz CT molecular complexity index is 1570. The first-order chi connectivity index (χ1) is 20.5. The van der Waals surface area contributed by atoms with Gasteiger partial charge in [-0.2, -0.15) is 13.2 Å². The Hall–Kier alpha value is -4.85. The number of aromatic nitrogens is 2. The molecule has 0 aliphatic rings. The van der Waals surface area contributed by atoms with Gasteiger partial charge in [0.15, 0.2) is 0 Å². The third-order valence-corrected chi connectivity index (χ3v) is 7.07. The maximum atomic E-state index is 13.7. The number of imidazole rings is 1. The lowest BCUT2D eigenvalue weighted by molar-refractivity contribution is -0.137. The zero-order valence-electron chi connectivity index (χ0n) is 24.0. The molecule has 5 rings (SSSR count). The summed E-state index contributed by atoms with van der Waals surface area (Å²) >= 11 is 0. The summed E-state index contributed by atoms with van der Waals surface area (Å²) in [5.41, 5.74) is 0.886. The number of carbonyl (C=O) groups is 1. The molecule has 1 atom stereocenters. The van der Waals surface area contributed by atoms with Crippen LogP contribution in [-0.4, -0.2) is 21.2 Å². The van der Waals surface area contributed by atoms with E-state index in [1.807, 2.05) is 95.6 Å². The van der Waals surface area contributed by atoms with E-state index in [0.717, 1.165) is 28.8 Å². The van der Waals surface area contributed by atoms with Crippen LogP contribution in [0.4, 0.5) is 18.0 Å². The molecule has 8 heteroatoms. The van der Waals surface area contributed by atoms with Crippen LogP contribution in [0.15, 0.2) is 128 Å². The van der Waals surface area contributed by atoms with Crippen LogP contribution < -0.4 is 5.32 Å². The number of benzene rings is 4. The first-order valence-corrected chi connectivity index (χ1v) is 13.9. The number of nitrogens with zero attached hydrogens (tertiary/aromatic N) is 2. The van der Waals surface area contributed by atoms with Crippen molar-refractivity contribution in [3.05, 3.63) is 161 Å². The van der Waals surface area contributed by atoms with Crippen LogP contribution in [0.25, 0.3) is 0 Å². The van der Waals surface area contributed by atoms with Crippen molar-refractivity contribution in [2.45, 2.75) is 44.1 Å². The van der Waals surface area contributed by atoms with Crippen LogP contribution >= 0.6 is 0 Å². The normalized spacial score (nSPS) is 12.9. The van der Waals surface area contributed by atoms with Crippen molar-refractivity contribution in [3.8, 4) is 0 Å². The highest BCUT2D eigenvalue weighted by Crippen LogP contribution is 2.41. The lowest BCUT2D eigenvalue weighted by Gasteiger charge is -2.37. The predicted octanol–water partition coefficient (Wildman–Crippen LogP) is 8.36. The van der Waals surface area contributed by atoms with Crippen LogP contribution in [0, 0.1) is 0 Å². The fraction of sp³-hybridized carbons (Fsp3) is 0.200. The monoisotopic (exact) mass is 583 g/mol. The second-order valence-corrected chi connectivity index (χ2v) is 11.2. The van der Waals surface area contributed by atoms with Gasteiger partial charge < -0.3 is 14.6 Å². The molecule has 1 unspecified atom stereocenters. The lowest BCUT2D eigenvalue weighted by atomic mass is 9.76. The van der Waals surface area contributed by atoms with Gasteiger partial charge in [0.25, 0.3) is 0 Å². The van der Waals surface area contributed by atoms with E-state index < -0.39 is 35.0 Å². The molecule has 1 N–H and O–H groups in total. The third-order valence-electron chi connectivity index (χ3n) is 7.07. The van der Waals surface area contributed by atoms with E-state index in [0.29, 0.717) is 5.69 Å². The minimum atomic E-state index is -4.56. The summed E-state index contributed by atoms with van der Waals surface area (Å²) in [5.74, 6) is 0. The van der Waals surface area contributed by atoms with Gasteiger partial charge in [-0.25, -0.2) is 9.78 Å². The molecule has 0 spiro atoms. The molecule has 4 aromatic carbocycles. The smallest absolute Gasteiger partial charge is 0.416 e. The van der Waals surface area contributed by atoms with Crippen molar-refractivity contribution >= 4 is 6.09 Å². The number of alkyl carbamates (subject to hydrolysis) is 1. The maximum Gasteiger partial charge on any atom is 0.416 e. The number of alkyl halides is 3. The van der Waals surface area contributed by atoms with E-state index in [1.165, 1.54) is 12.1 Å². The van der Waals surface area contributed by atoms with E-state index >= 15 is 0 Å². The van der Waals surface area contributed by atoms with Gasteiger partial charge in [0, 0.05) is 6.20 Å². The van der Waals surface area contributed by atoms with Gasteiger partial charge in [0.2, 0.25) is 0 Å². The van der Waals surface area contributed by atoms with E-state index in [1.54, 1.807) is 33.3 Å².